The van der Waals surface area contributed by atoms with Crippen LogP contribution in [0.25, 0.3) is 11.1 Å². The third-order valence-electron chi connectivity index (χ3n) is 5.93. The lowest BCUT2D eigenvalue weighted by Crippen LogP contribution is -2.56. The second-order valence-electron chi connectivity index (χ2n) is 8.42. The molecule has 0 aromatic heterocycles. The minimum absolute atomic E-state index is 0.0923. The van der Waals surface area contributed by atoms with Crippen molar-refractivity contribution in [1.29, 1.82) is 0 Å². The number of ether oxygens (including phenoxy) is 1. The molecule has 2 amide bonds. The number of aliphatic carboxylic acids is 1. The van der Waals surface area contributed by atoms with Crippen molar-refractivity contribution in [3.8, 4) is 11.1 Å². The van der Waals surface area contributed by atoms with Crippen molar-refractivity contribution in [1.82, 2.24) is 15.1 Å². The van der Waals surface area contributed by atoms with Gasteiger partial charge in [0.2, 0.25) is 5.91 Å². The fourth-order valence-corrected chi connectivity index (χ4v) is 4.29. The number of carboxylic acid groups (broad SMARTS) is 1. The van der Waals surface area contributed by atoms with Crippen molar-refractivity contribution >= 4 is 18.0 Å². The smallest absolute Gasteiger partial charge is 0.407 e. The van der Waals surface area contributed by atoms with E-state index in [1.807, 2.05) is 36.4 Å². The van der Waals surface area contributed by atoms with Gasteiger partial charge in [-0.3, -0.25) is 4.79 Å². The molecular formula is C25H31N3O5. The molecule has 0 saturated heterocycles. The number of hydrogen-bond acceptors (Lipinski definition) is 5. The molecule has 0 aliphatic heterocycles. The number of rotatable bonds is 9. The Labute approximate surface area is 194 Å². The van der Waals surface area contributed by atoms with E-state index < -0.39 is 30.1 Å². The third-order valence-corrected chi connectivity index (χ3v) is 5.93. The molecule has 0 fully saturated rings. The average Bonchev–Trinajstić information content (AvgIpc) is 3.11. The van der Waals surface area contributed by atoms with Crippen molar-refractivity contribution in [3.63, 3.8) is 0 Å². The highest BCUT2D eigenvalue weighted by atomic mass is 16.5. The minimum atomic E-state index is -1.10. The van der Waals surface area contributed by atoms with Crippen molar-refractivity contribution in [2.24, 2.45) is 0 Å². The van der Waals surface area contributed by atoms with Gasteiger partial charge < -0.3 is 25.0 Å². The van der Waals surface area contributed by atoms with E-state index in [0.29, 0.717) is 0 Å². The zero-order valence-corrected chi connectivity index (χ0v) is 19.4. The predicted molar refractivity (Wildman–Crippen MR) is 125 cm³/mol. The molecular weight excluding hydrogens is 422 g/mol. The van der Waals surface area contributed by atoms with Crippen LogP contribution in [0, 0.1) is 0 Å². The Morgan fingerprint density at radius 1 is 1.03 bits per heavy atom. The average molecular weight is 454 g/mol. The lowest BCUT2D eigenvalue weighted by Gasteiger charge is -2.30. The van der Waals surface area contributed by atoms with Crippen molar-refractivity contribution in [3.05, 3.63) is 59.7 Å². The van der Waals surface area contributed by atoms with E-state index in [-0.39, 0.29) is 25.6 Å². The molecule has 0 bridgehead atoms. The van der Waals surface area contributed by atoms with Crippen LogP contribution in [0.5, 0.6) is 0 Å². The first kappa shape index (κ1) is 24.3. The number of amides is 2. The van der Waals surface area contributed by atoms with Gasteiger partial charge in [0, 0.05) is 19.0 Å². The van der Waals surface area contributed by atoms with E-state index in [0.717, 1.165) is 22.3 Å². The number of carbonyl (C=O) groups is 3. The molecule has 0 spiro atoms. The van der Waals surface area contributed by atoms with Gasteiger partial charge in [0.05, 0.1) is 0 Å². The third kappa shape index (κ3) is 5.34. The van der Waals surface area contributed by atoms with Crippen LogP contribution in [0.1, 0.15) is 30.9 Å². The molecule has 2 aromatic rings. The van der Waals surface area contributed by atoms with Crippen molar-refractivity contribution in [2.75, 3.05) is 33.8 Å². The topological polar surface area (TPSA) is 99.2 Å². The van der Waals surface area contributed by atoms with E-state index in [1.54, 1.807) is 25.9 Å². The first-order chi connectivity index (χ1) is 15.7. The summed E-state index contributed by atoms with van der Waals surface area (Å²) in [6.07, 6.45) is -0.712. The van der Waals surface area contributed by atoms with Crippen molar-refractivity contribution < 1.29 is 24.2 Å². The maximum atomic E-state index is 13.0. The molecule has 0 radical (unpaired) electrons. The van der Waals surface area contributed by atoms with Gasteiger partial charge in [-0.1, -0.05) is 48.5 Å². The van der Waals surface area contributed by atoms with Gasteiger partial charge in [0.25, 0.3) is 0 Å². The monoisotopic (exact) mass is 453 g/mol. The highest BCUT2D eigenvalue weighted by Crippen LogP contribution is 2.44. The summed E-state index contributed by atoms with van der Waals surface area (Å²) in [6.45, 7) is 3.71. The van der Waals surface area contributed by atoms with Gasteiger partial charge in [-0.25, -0.2) is 9.59 Å². The highest BCUT2D eigenvalue weighted by molar-refractivity contribution is 5.89. The fourth-order valence-electron chi connectivity index (χ4n) is 4.29. The zero-order valence-electron chi connectivity index (χ0n) is 19.4. The summed E-state index contributed by atoms with van der Waals surface area (Å²) >= 11 is 0. The normalized spacial score (nSPS) is 14.2. The number of nitrogens with one attached hydrogen (secondary N) is 1. The SMILES string of the molecule is CCN(C(=O)C(CN(C)C)NC(=O)OCC1c2ccccc2-c2ccccc21)C(C)C(=O)O. The number of alkyl carbamates (subject to hydrolysis) is 1. The van der Waals surface area contributed by atoms with E-state index >= 15 is 0 Å². The molecule has 2 atom stereocenters. The first-order valence-corrected chi connectivity index (χ1v) is 11.0. The summed E-state index contributed by atoms with van der Waals surface area (Å²) < 4.78 is 5.57. The number of benzene rings is 2. The molecule has 8 heteroatoms. The Morgan fingerprint density at radius 3 is 2.06 bits per heavy atom. The molecule has 2 N–H and O–H groups in total. The Morgan fingerprint density at radius 2 is 1.58 bits per heavy atom. The summed E-state index contributed by atoms with van der Waals surface area (Å²) in [4.78, 5) is 40.1. The molecule has 2 aromatic carbocycles. The summed E-state index contributed by atoms with van der Waals surface area (Å²) in [6, 6.07) is 14.2. The van der Waals surface area contributed by atoms with Gasteiger partial charge >= 0.3 is 12.1 Å². The molecule has 8 nitrogen and oxygen atoms in total. The van der Waals surface area contributed by atoms with Gasteiger partial charge in [-0.15, -0.1) is 0 Å². The molecule has 3 rings (SSSR count). The lowest BCUT2D eigenvalue weighted by molar-refractivity contribution is -0.150. The molecule has 176 valence electrons. The quantitative estimate of drug-likeness (QED) is 0.606. The summed E-state index contributed by atoms with van der Waals surface area (Å²) in [7, 11) is 3.55. The summed E-state index contributed by atoms with van der Waals surface area (Å²) in [5.74, 6) is -1.66. The fraction of sp³-hybridized carbons (Fsp3) is 0.400. The van der Waals surface area contributed by atoms with Crippen LogP contribution in [-0.2, 0) is 14.3 Å². The summed E-state index contributed by atoms with van der Waals surface area (Å²) in [5.41, 5.74) is 4.45. The number of likely N-dealkylation sites (N-methyl/N-ethyl adjacent to an activating group) is 2. The Bertz CT molecular complexity index is 977. The number of carboxylic acids is 1. The van der Waals surface area contributed by atoms with Gasteiger partial charge in [-0.05, 0) is 50.2 Å². The van der Waals surface area contributed by atoms with Crippen molar-refractivity contribution in [2.45, 2.75) is 31.8 Å². The number of fused-ring (bicyclic) bond motifs is 3. The molecule has 0 saturated carbocycles. The maximum absolute atomic E-state index is 13.0. The maximum Gasteiger partial charge on any atom is 0.407 e. The van der Waals surface area contributed by atoms with Crippen LogP contribution < -0.4 is 5.32 Å². The van der Waals surface area contributed by atoms with Gasteiger partial charge in [-0.2, -0.15) is 0 Å². The Balaban J connectivity index is 1.71. The number of nitrogens with zero attached hydrogens (tertiary/aromatic N) is 2. The van der Waals surface area contributed by atoms with E-state index in [1.165, 1.54) is 11.8 Å². The van der Waals surface area contributed by atoms with Gasteiger partial charge in [0.1, 0.15) is 18.7 Å². The van der Waals surface area contributed by atoms with Crippen LogP contribution in [0.2, 0.25) is 0 Å². The standard InChI is InChI=1S/C25H31N3O5/c1-5-28(16(2)24(30)31)23(29)22(14-27(3)4)26-25(32)33-15-21-19-12-8-6-10-17(19)18-11-7-9-13-20(18)21/h6-13,16,21-22H,5,14-15H2,1-4H3,(H,26,32)(H,30,31). The lowest BCUT2D eigenvalue weighted by atomic mass is 9.98. The number of hydrogen-bond donors (Lipinski definition) is 2. The first-order valence-electron chi connectivity index (χ1n) is 11.0. The molecule has 1 aliphatic rings. The van der Waals surface area contributed by atoms with Crippen LogP contribution in [0.3, 0.4) is 0 Å². The van der Waals surface area contributed by atoms with E-state index in [9.17, 15) is 19.5 Å². The van der Waals surface area contributed by atoms with Crippen LogP contribution in [-0.4, -0.2) is 78.8 Å². The second-order valence-corrected chi connectivity index (χ2v) is 8.42. The van der Waals surface area contributed by atoms with Crippen LogP contribution >= 0.6 is 0 Å². The van der Waals surface area contributed by atoms with Gasteiger partial charge in [0.15, 0.2) is 0 Å². The molecule has 2 unspecified atom stereocenters. The minimum Gasteiger partial charge on any atom is -0.480 e. The molecule has 1 aliphatic carbocycles. The van der Waals surface area contributed by atoms with Crippen LogP contribution in [0.4, 0.5) is 4.79 Å². The predicted octanol–water partition coefficient (Wildman–Crippen LogP) is 2.78. The molecule has 0 heterocycles. The highest BCUT2D eigenvalue weighted by Gasteiger charge is 2.33. The summed E-state index contributed by atoms with van der Waals surface area (Å²) in [5, 5.41) is 12.0. The van der Waals surface area contributed by atoms with E-state index in [2.05, 4.69) is 17.4 Å². The zero-order chi connectivity index (χ0) is 24.1. The Hall–Kier alpha value is -3.39. The Kier molecular flexibility index (Phi) is 7.71. The number of carbonyl (C=O) groups excluding carboxylic acids is 2. The molecule has 33 heavy (non-hydrogen) atoms. The second kappa shape index (κ2) is 10.5. The van der Waals surface area contributed by atoms with Crippen LogP contribution in [0.15, 0.2) is 48.5 Å². The van der Waals surface area contributed by atoms with E-state index in [4.69, 9.17) is 4.74 Å². The largest absolute Gasteiger partial charge is 0.480 e.